The second-order valence-electron chi connectivity index (χ2n) is 8.78. The highest BCUT2D eigenvalue weighted by molar-refractivity contribution is 6.37. The SMILES string of the molecule is Cc1cc(Cl)c(OCCOc2ccc(O[B]Oc3ccc(OCCOc4c(Cl)cc(C)cc4Cl)cc3)cc2)c(Cl)c1. The van der Waals surface area contributed by atoms with Crippen LogP contribution in [-0.4, -0.2) is 34.1 Å². The maximum absolute atomic E-state index is 6.19. The van der Waals surface area contributed by atoms with Crippen LogP contribution in [0.4, 0.5) is 0 Å². The van der Waals surface area contributed by atoms with Crippen LogP contribution in [0.2, 0.25) is 20.1 Å². The van der Waals surface area contributed by atoms with Crippen LogP contribution in [0.1, 0.15) is 11.1 Å². The van der Waals surface area contributed by atoms with Crippen molar-refractivity contribution in [1.29, 1.82) is 0 Å². The average Bonchev–Trinajstić information content (AvgIpc) is 2.93. The molecule has 41 heavy (non-hydrogen) atoms. The first-order chi connectivity index (χ1) is 19.8. The second-order valence-corrected chi connectivity index (χ2v) is 10.4. The average molecular weight is 635 g/mol. The molecule has 4 rings (SSSR count). The third kappa shape index (κ3) is 9.47. The number of hydrogen-bond acceptors (Lipinski definition) is 6. The Labute approximate surface area is 260 Å². The van der Waals surface area contributed by atoms with Crippen LogP contribution in [0.15, 0.2) is 72.8 Å². The van der Waals surface area contributed by atoms with Gasteiger partial charge in [0.15, 0.2) is 11.5 Å². The molecule has 0 bridgehead atoms. The van der Waals surface area contributed by atoms with E-state index in [2.05, 4.69) is 0 Å². The molecule has 0 aliphatic rings. The van der Waals surface area contributed by atoms with Gasteiger partial charge >= 0.3 is 7.69 Å². The van der Waals surface area contributed by atoms with Gasteiger partial charge in [0, 0.05) is 0 Å². The van der Waals surface area contributed by atoms with Gasteiger partial charge in [-0.2, -0.15) is 0 Å². The van der Waals surface area contributed by atoms with Crippen LogP contribution in [0.3, 0.4) is 0 Å². The quantitative estimate of drug-likeness (QED) is 0.102. The van der Waals surface area contributed by atoms with Crippen molar-refractivity contribution < 1.29 is 28.3 Å². The zero-order valence-electron chi connectivity index (χ0n) is 22.3. The van der Waals surface area contributed by atoms with Crippen molar-refractivity contribution in [3.05, 3.63) is 104 Å². The molecule has 0 aliphatic carbocycles. The molecule has 0 atom stereocenters. The van der Waals surface area contributed by atoms with Crippen LogP contribution in [0.25, 0.3) is 0 Å². The molecule has 0 heterocycles. The number of halogens is 4. The van der Waals surface area contributed by atoms with Gasteiger partial charge in [-0.05, 0) is 97.8 Å². The summed E-state index contributed by atoms with van der Waals surface area (Å²) < 4.78 is 33.8. The molecular formula is C30H26BCl4O6. The van der Waals surface area contributed by atoms with Gasteiger partial charge in [-0.15, -0.1) is 0 Å². The third-order valence-electron chi connectivity index (χ3n) is 5.50. The van der Waals surface area contributed by atoms with Crippen molar-refractivity contribution in [2.24, 2.45) is 0 Å². The standard InChI is InChI=1S/C30H26BCl4O6/c1-19-15-25(32)29(26(33)16-19)38-13-11-36-21-3-7-23(8-4-21)40-31-41-24-9-5-22(6-10-24)37-12-14-39-30-27(34)17-20(2)18-28(30)35/h3-10,15-18H,11-14H2,1-2H3. The van der Waals surface area contributed by atoms with Crippen molar-refractivity contribution in [1.82, 2.24) is 0 Å². The molecule has 0 amide bonds. The Kier molecular flexibility index (Phi) is 11.5. The maximum Gasteiger partial charge on any atom is 0.658 e. The molecule has 0 N–H and O–H groups in total. The molecule has 4 aromatic rings. The summed E-state index contributed by atoms with van der Waals surface area (Å²) in [5.74, 6) is 3.39. The zero-order valence-corrected chi connectivity index (χ0v) is 25.3. The van der Waals surface area contributed by atoms with Crippen molar-refractivity contribution in [3.8, 4) is 34.5 Å². The molecule has 0 aliphatic heterocycles. The largest absolute Gasteiger partial charge is 0.658 e. The van der Waals surface area contributed by atoms with Crippen LogP contribution in [-0.2, 0) is 0 Å². The van der Waals surface area contributed by atoms with E-state index in [1.54, 1.807) is 72.8 Å². The monoisotopic (exact) mass is 633 g/mol. The van der Waals surface area contributed by atoms with Crippen molar-refractivity contribution in [3.63, 3.8) is 0 Å². The Morgan fingerprint density at radius 2 is 0.756 bits per heavy atom. The predicted octanol–water partition coefficient (Wildman–Crippen LogP) is 8.82. The molecule has 11 heteroatoms. The van der Waals surface area contributed by atoms with Crippen LogP contribution in [0.5, 0.6) is 34.5 Å². The van der Waals surface area contributed by atoms with Gasteiger partial charge in [-0.1, -0.05) is 46.4 Å². The number of ether oxygens (including phenoxy) is 4. The molecule has 0 unspecified atom stereocenters. The maximum atomic E-state index is 6.19. The lowest BCUT2D eigenvalue weighted by atomic mass is 10.2. The summed E-state index contributed by atoms with van der Waals surface area (Å²) in [6.07, 6.45) is 0. The summed E-state index contributed by atoms with van der Waals surface area (Å²) in [6.45, 7) is 5.04. The lowest BCUT2D eigenvalue weighted by Crippen LogP contribution is -2.11. The highest BCUT2D eigenvalue weighted by Gasteiger charge is 2.10. The van der Waals surface area contributed by atoms with E-state index in [-0.39, 0.29) is 13.2 Å². The van der Waals surface area contributed by atoms with E-state index < -0.39 is 0 Å². The topological polar surface area (TPSA) is 55.4 Å². The van der Waals surface area contributed by atoms with E-state index in [0.29, 0.717) is 67.8 Å². The minimum atomic E-state index is 0.289. The Bertz CT molecular complexity index is 1280. The molecular weight excluding hydrogens is 609 g/mol. The smallest absolute Gasteiger partial charge is 0.526 e. The molecule has 4 aromatic carbocycles. The number of hydrogen-bond donors (Lipinski definition) is 0. The number of aryl methyl sites for hydroxylation is 2. The molecule has 0 fully saturated rings. The Morgan fingerprint density at radius 3 is 1.10 bits per heavy atom. The fourth-order valence-corrected chi connectivity index (χ4v) is 5.03. The number of rotatable bonds is 14. The zero-order chi connectivity index (χ0) is 29.2. The Morgan fingerprint density at radius 1 is 0.463 bits per heavy atom. The van der Waals surface area contributed by atoms with Crippen LogP contribution >= 0.6 is 46.4 Å². The fourth-order valence-electron chi connectivity index (χ4n) is 3.62. The second kappa shape index (κ2) is 15.2. The molecule has 0 aromatic heterocycles. The van der Waals surface area contributed by atoms with Crippen molar-refractivity contribution in [2.75, 3.05) is 26.4 Å². The summed E-state index contributed by atoms with van der Waals surface area (Å²) in [4.78, 5) is 0. The Hall–Kier alpha value is -3.10. The highest BCUT2D eigenvalue weighted by Crippen LogP contribution is 2.35. The summed E-state index contributed by atoms with van der Waals surface area (Å²) >= 11 is 24.8. The number of benzene rings is 4. The van der Waals surface area contributed by atoms with Crippen LogP contribution < -0.4 is 28.3 Å². The molecule has 213 valence electrons. The summed E-state index contributed by atoms with van der Waals surface area (Å²) in [5, 5.41) is 1.87. The fraction of sp³-hybridized carbons (Fsp3) is 0.200. The van der Waals surface area contributed by atoms with E-state index in [0.717, 1.165) is 11.1 Å². The molecule has 6 nitrogen and oxygen atoms in total. The van der Waals surface area contributed by atoms with E-state index >= 15 is 0 Å². The van der Waals surface area contributed by atoms with Gasteiger partial charge in [0.2, 0.25) is 0 Å². The van der Waals surface area contributed by atoms with Gasteiger partial charge in [-0.25, -0.2) is 0 Å². The van der Waals surface area contributed by atoms with Crippen molar-refractivity contribution >= 4 is 54.1 Å². The predicted molar refractivity (Wildman–Crippen MR) is 164 cm³/mol. The summed E-state index contributed by atoms with van der Waals surface area (Å²) in [6, 6.07) is 21.4. The van der Waals surface area contributed by atoms with Crippen molar-refractivity contribution in [2.45, 2.75) is 13.8 Å². The Balaban J connectivity index is 1.12. The first-order valence-corrected chi connectivity index (χ1v) is 14.1. The molecule has 1 radical (unpaired) electrons. The normalized spacial score (nSPS) is 10.6. The molecule has 0 saturated carbocycles. The van der Waals surface area contributed by atoms with E-state index in [4.69, 9.17) is 74.7 Å². The highest BCUT2D eigenvalue weighted by atomic mass is 35.5. The summed E-state index contributed by atoms with van der Waals surface area (Å²) in [5.41, 5.74) is 1.93. The third-order valence-corrected chi connectivity index (χ3v) is 6.62. The molecule has 0 saturated heterocycles. The first kappa shape index (κ1) is 30.9. The summed E-state index contributed by atoms with van der Waals surface area (Å²) in [7, 11) is 1.25. The minimum absolute atomic E-state index is 0.289. The first-order valence-electron chi connectivity index (χ1n) is 12.6. The van der Waals surface area contributed by atoms with E-state index in [1.165, 1.54) is 7.69 Å². The van der Waals surface area contributed by atoms with E-state index in [9.17, 15) is 0 Å². The van der Waals surface area contributed by atoms with E-state index in [1.807, 2.05) is 13.8 Å². The van der Waals surface area contributed by atoms with Gasteiger partial charge in [0.1, 0.15) is 49.4 Å². The van der Waals surface area contributed by atoms with Crippen LogP contribution in [0, 0.1) is 13.8 Å². The molecule has 0 spiro atoms. The lowest BCUT2D eigenvalue weighted by Gasteiger charge is -2.12. The van der Waals surface area contributed by atoms with Gasteiger partial charge < -0.3 is 28.3 Å². The van der Waals surface area contributed by atoms with Gasteiger partial charge in [-0.3, -0.25) is 0 Å². The minimum Gasteiger partial charge on any atom is -0.526 e. The lowest BCUT2D eigenvalue weighted by molar-refractivity contribution is 0.217. The van der Waals surface area contributed by atoms with Gasteiger partial charge in [0.25, 0.3) is 0 Å². The van der Waals surface area contributed by atoms with Gasteiger partial charge in [0.05, 0.1) is 20.1 Å².